The predicted octanol–water partition coefficient (Wildman–Crippen LogP) is 1.93. The molecule has 122 valence electrons. The molecular weight excluding hydrogens is 284 g/mol. The van der Waals surface area contributed by atoms with E-state index in [2.05, 4.69) is 15.3 Å². The van der Waals surface area contributed by atoms with Gasteiger partial charge in [-0.25, -0.2) is 9.78 Å². The lowest BCUT2D eigenvalue weighted by Gasteiger charge is -2.31. The number of anilines is 1. The van der Waals surface area contributed by atoms with Crippen molar-refractivity contribution in [1.29, 1.82) is 0 Å². The monoisotopic (exact) mass is 308 g/mol. The van der Waals surface area contributed by atoms with E-state index < -0.39 is 0 Å². The second-order valence-corrected chi connectivity index (χ2v) is 5.78. The van der Waals surface area contributed by atoms with Crippen LogP contribution in [0.4, 0.5) is 10.7 Å². The molecule has 0 saturated carbocycles. The lowest BCUT2D eigenvalue weighted by molar-refractivity contribution is 0.0983. The number of carbonyl (C=O) groups excluding carboxylic acids is 1. The summed E-state index contributed by atoms with van der Waals surface area (Å²) in [7, 11) is 0. The SMILES string of the molecule is CCOC(=O)N1CCC(Nc2nc(C(C)C)cc(=O)[nH]2)CC1. The Bertz CT molecular complexity index is 562. The molecule has 22 heavy (non-hydrogen) atoms. The summed E-state index contributed by atoms with van der Waals surface area (Å²) in [5.74, 6) is 0.708. The standard InChI is InChI=1S/C15H24N4O3/c1-4-22-15(21)19-7-5-11(6-8-19)16-14-17-12(10(2)3)9-13(20)18-14/h9-11H,4-8H2,1-3H3,(H2,16,17,18,20). The van der Waals surface area contributed by atoms with E-state index in [1.54, 1.807) is 11.8 Å². The van der Waals surface area contributed by atoms with E-state index in [1.807, 2.05) is 13.8 Å². The number of ether oxygens (including phenoxy) is 1. The highest BCUT2D eigenvalue weighted by Crippen LogP contribution is 2.16. The van der Waals surface area contributed by atoms with Gasteiger partial charge in [0.05, 0.1) is 12.3 Å². The van der Waals surface area contributed by atoms with Crippen molar-refractivity contribution >= 4 is 12.0 Å². The highest BCUT2D eigenvalue weighted by Gasteiger charge is 2.23. The molecule has 1 saturated heterocycles. The van der Waals surface area contributed by atoms with Crippen molar-refractivity contribution < 1.29 is 9.53 Å². The smallest absolute Gasteiger partial charge is 0.409 e. The molecule has 0 bridgehead atoms. The number of aromatic nitrogens is 2. The van der Waals surface area contributed by atoms with Crippen LogP contribution in [0.5, 0.6) is 0 Å². The van der Waals surface area contributed by atoms with Gasteiger partial charge in [0.15, 0.2) is 0 Å². The summed E-state index contributed by atoms with van der Waals surface area (Å²) in [5.41, 5.74) is 0.625. The van der Waals surface area contributed by atoms with Crippen LogP contribution < -0.4 is 10.9 Å². The minimum atomic E-state index is -0.255. The van der Waals surface area contributed by atoms with E-state index in [1.165, 1.54) is 6.07 Å². The van der Waals surface area contributed by atoms with E-state index in [9.17, 15) is 9.59 Å². The van der Waals surface area contributed by atoms with Crippen molar-refractivity contribution in [2.75, 3.05) is 25.0 Å². The third-order valence-corrected chi connectivity index (χ3v) is 3.71. The Labute approximate surface area is 130 Å². The van der Waals surface area contributed by atoms with Gasteiger partial charge >= 0.3 is 6.09 Å². The van der Waals surface area contributed by atoms with Gasteiger partial charge in [-0.15, -0.1) is 0 Å². The number of aromatic amines is 1. The van der Waals surface area contributed by atoms with Crippen molar-refractivity contribution in [3.05, 3.63) is 22.1 Å². The van der Waals surface area contributed by atoms with Crippen LogP contribution in [-0.2, 0) is 4.74 Å². The molecule has 1 aliphatic rings. The first kappa shape index (κ1) is 16.3. The minimum Gasteiger partial charge on any atom is -0.450 e. The molecule has 2 heterocycles. The number of likely N-dealkylation sites (tertiary alicyclic amines) is 1. The van der Waals surface area contributed by atoms with E-state index in [0.29, 0.717) is 25.6 Å². The Kier molecular flexibility index (Phi) is 5.41. The summed E-state index contributed by atoms with van der Waals surface area (Å²) in [6.45, 7) is 7.49. The van der Waals surface area contributed by atoms with Gasteiger partial charge in [-0.05, 0) is 25.7 Å². The fourth-order valence-electron chi connectivity index (χ4n) is 2.46. The van der Waals surface area contributed by atoms with E-state index in [4.69, 9.17) is 4.74 Å². The molecule has 1 fully saturated rings. The van der Waals surface area contributed by atoms with Crippen LogP contribution in [0.1, 0.15) is 45.2 Å². The Hall–Kier alpha value is -2.05. The Morgan fingerprint density at radius 1 is 1.50 bits per heavy atom. The van der Waals surface area contributed by atoms with Gasteiger partial charge in [0.1, 0.15) is 0 Å². The maximum Gasteiger partial charge on any atom is 0.409 e. The quantitative estimate of drug-likeness (QED) is 0.887. The molecule has 1 aliphatic heterocycles. The van der Waals surface area contributed by atoms with Gasteiger partial charge in [0.2, 0.25) is 5.95 Å². The molecule has 0 spiro atoms. The summed E-state index contributed by atoms with van der Waals surface area (Å²) in [6, 6.07) is 1.72. The molecule has 7 heteroatoms. The number of amides is 1. The topological polar surface area (TPSA) is 87.3 Å². The summed E-state index contributed by atoms with van der Waals surface area (Å²) >= 11 is 0. The second kappa shape index (κ2) is 7.29. The summed E-state index contributed by atoms with van der Waals surface area (Å²) in [6.07, 6.45) is 1.34. The maximum atomic E-state index is 11.7. The van der Waals surface area contributed by atoms with Crippen molar-refractivity contribution in [3.63, 3.8) is 0 Å². The molecule has 1 aromatic rings. The van der Waals surface area contributed by atoms with Gasteiger partial charge in [0.25, 0.3) is 5.56 Å². The first-order valence-electron chi connectivity index (χ1n) is 7.79. The lowest BCUT2D eigenvalue weighted by atomic mass is 10.1. The zero-order valence-electron chi connectivity index (χ0n) is 13.4. The highest BCUT2D eigenvalue weighted by atomic mass is 16.6. The van der Waals surface area contributed by atoms with Crippen molar-refractivity contribution in [3.8, 4) is 0 Å². The van der Waals surface area contributed by atoms with Crippen LogP contribution in [0.3, 0.4) is 0 Å². The van der Waals surface area contributed by atoms with Crippen LogP contribution in [0, 0.1) is 0 Å². The van der Waals surface area contributed by atoms with E-state index in [-0.39, 0.29) is 23.6 Å². The summed E-state index contributed by atoms with van der Waals surface area (Å²) in [5, 5.41) is 3.26. The number of hydrogen-bond acceptors (Lipinski definition) is 5. The largest absolute Gasteiger partial charge is 0.450 e. The fourth-order valence-corrected chi connectivity index (χ4v) is 2.46. The number of carbonyl (C=O) groups is 1. The third-order valence-electron chi connectivity index (χ3n) is 3.71. The maximum absolute atomic E-state index is 11.7. The predicted molar refractivity (Wildman–Crippen MR) is 84.2 cm³/mol. The Morgan fingerprint density at radius 2 is 2.18 bits per heavy atom. The van der Waals surface area contributed by atoms with Crippen molar-refractivity contribution in [1.82, 2.24) is 14.9 Å². The normalized spacial score (nSPS) is 15.9. The van der Waals surface area contributed by atoms with Crippen molar-refractivity contribution in [2.45, 2.75) is 45.6 Å². The average Bonchev–Trinajstić information content (AvgIpc) is 2.47. The first-order chi connectivity index (χ1) is 10.5. The Morgan fingerprint density at radius 3 is 2.77 bits per heavy atom. The number of hydrogen-bond donors (Lipinski definition) is 2. The van der Waals surface area contributed by atoms with Crippen molar-refractivity contribution in [2.24, 2.45) is 0 Å². The molecule has 7 nitrogen and oxygen atoms in total. The van der Waals surface area contributed by atoms with Gasteiger partial charge in [-0.1, -0.05) is 13.8 Å². The van der Waals surface area contributed by atoms with Gasteiger partial charge in [-0.3, -0.25) is 9.78 Å². The minimum absolute atomic E-state index is 0.148. The molecule has 2 N–H and O–H groups in total. The van der Waals surface area contributed by atoms with E-state index in [0.717, 1.165) is 18.5 Å². The average molecular weight is 308 g/mol. The van der Waals surface area contributed by atoms with Crippen LogP contribution in [0.2, 0.25) is 0 Å². The Balaban J connectivity index is 1.93. The highest BCUT2D eigenvalue weighted by molar-refractivity contribution is 5.67. The third kappa shape index (κ3) is 4.22. The molecule has 1 amide bonds. The van der Waals surface area contributed by atoms with Crippen LogP contribution in [0.15, 0.2) is 10.9 Å². The fraction of sp³-hybridized carbons (Fsp3) is 0.667. The molecule has 2 rings (SSSR count). The summed E-state index contributed by atoms with van der Waals surface area (Å²) < 4.78 is 5.00. The van der Waals surface area contributed by atoms with Crippen LogP contribution in [0.25, 0.3) is 0 Å². The van der Waals surface area contributed by atoms with Crippen LogP contribution in [-0.4, -0.2) is 46.7 Å². The lowest BCUT2D eigenvalue weighted by Crippen LogP contribution is -2.43. The van der Waals surface area contributed by atoms with Gasteiger partial charge in [0, 0.05) is 25.2 Å². The van der Waals surface area contributed by atoms with Gasteiger partial charge < -0.3 is 15.0 Å². The number of rotatable bonds is 4. The molecule has 0 unspecified atom stereocenters. The number of H-pyrrole nitrogens is 1. The molecule has 1 aromatic heterocycles. The molecule has 0 aliphatic carbocycles. The summed E-state index contributed by atoms with van der Waals surface area (Å²) in [4.78, 5) is 32.2. The zero-order chi connectivity index (χ0) is 16.1. The van der Waals surface area contributed by atoms with Crippen LogP contribution >= 0.6 is 0 Å². The first-order valence-corrected chi connectivity index (χ1v) is 7.79. The number of nitrogens with one attached hydrogen (secondary N) is 2. The molecule has 0 atom stereocenters. The molecular formula is C15H24N4O3. The molecule has 0 radical (unpaired) electrons. The van der Waals surface area contributed by atoms with E-state index >= 15 is 0 Å². The van der Waals surface area contributed by atoms with Gasteiger partial charge in [-0.2, -0.15) is 0 Å². The zero-order valence-corrected chi connectivity index (χ0v) is 13.4. The number of nitrogens with zero attached hydrogens (tertiary/aromatic N) is 2. The molecule has 0 aromatic carbocycles. The number of piperidine rings is 1. The second-order valence-electron chi connectivity index (χ2n) is 5.78.